The van der Waals surface area contributed by atoms with Crippen molar-refractivity contribution < 1.29 is 19.3 Å². The monoisotopic (exact) mass is 438 g/mol. The third kappa shape index (κ3) is 2.77. The van der Waals surface area contributed by atoms with Crippen LogP contribution in [0, 0.1) is 20.2 Å². The highest BCUT2D eigenvalue weighted by Gasteiger charge is 2.36. The number of nitro groups is 2. The van der Waals surface area contributed by atoms with Gasteiger partial charge in [-0.1, -0.05) is 24.3 Å². The number of nitrogens with zero attached hydrogens (tertiary/aromatic N) is 2. The Morgan fingerprint density at radius 1 is 0.606 bits per heavy atom. The average molecular weight is 438 g/mol. The number of hydrogen-bond acceptors (Lipinski definition) is 6. The van der Waals surface area contributed by atoms with Crippen molar-refractivity contribution >= 4 is 45.1 Å². The van der Waals surface area contributed by atoms with E-state index in [9.17, 15) is 20.2 Å². The van der Waals surface area contributed by atoms with E-state index in [-0.39, 0.29) is 11.4 Å². The van der Waals surface area contributed by atoms with E-state index >= 15 is 0 Å². The molecule has 0 saturated heterocycles. The predicted octanol–water partition coefficient (Wildman–Crippen LogP) is 6.02. The first-order chi connectivity index (χ1) is 16.0. The first-order valence-electron chi connectivity index (χ1n) is 10.1. The van der Waals surface area contributed by atoms with Crippen LogP contribution in [0.15, 0.2) is 72.8 Å². The summed E-state index contributed by atoms with van der Waals surface area (Å²) < 4.78 is 12.5. The summed E-state index contributed by atoms with van der Waals surface area (Å²) in [5, 5.41) is 25.3. The van der Waals surface area contributed by atoms with Gasteiger partial charge in [0, 0.05) is 35.4 Å². The Morgan fingerprint density at radius 3 is 1.48 bits per heavy atom. The van der Waals surface area contributed by atoms with Crippen LogP contribution in [-0.4, -0.2) is 15.6 Å². The normalized spacial score (nSPS) is 15.0. The number of nitro benzene ring substituents is 2. The molecule has 4 aromatic rings. The van der Waals surface area contributed by atoms with Crippen molar-refractivity contribution in [1.82, 2.24) is 0 Å². The Morgan fingerprint density at radius 2 is 1.06 bits per heavy atom. The fraction of sp³-hybridized carbons (Fsp3) is 0.0400. The second-order valence-corrected chi connectivity index (χ2v) is 7.81. The summed E-state index contributed by atoms with van der Waals surface area (Å²) in [7, 11) is 0. The van der Waals surface area contributed by atoms with E-state index in [0.29, 0.717) is 33.0 Å². The standard InChI is InChI=1S/C25H14N2O6/c28-26(29)21-5-1-3-15-17(21)7-9-23-19(15)11-13-25(32-23)14-12-20-16-4-2-6-22(27(30)31)18(16)8-10-24(20)33-25/h1-14H. The molecular weight excluding hydrogens is 424 g/mol. The molecule has 0 N–H and O–H groups in total. The van der Waals surface area contributed by atoms with Gasteiger partial charge in [-0.15, -0.1) is 0 Å². The smallest absolute Gasteiger partial charge is 0.291 e. The van der Waals surface area contributed by atoms with E-state index in [2.05, 4.69) is 0 Å². The second-order valence-electron chi connectivity index (χ2n) is 7.81. The van der Waals surface area contributed by atoms with Crippen LogP contribution in [0.2, 0.25) is 0 Å². The van der Waals surface area contributed by atoms with Crippen LogP contribution in [0.1, 0.15) is 11.1 Å². The fourth-order valence-corrected chi connectivity index (χ4v) is 4.48. The second kappa shape index (κ2) is 6.64. The van der Waals surface area contributed by atoms with Crippen LogP contribution >= 0.6 is 0 Å². The van der Waals surface area contributed by atoms with Gasteiger partial charge in [0.2, 0.25) is 0 Å². The molecule has 2 aliphatic rings. The van der Waals surface area contributed by atoms with Gasteiger partial charge in [-0.05, 0) is 47.2 Å². The molecule has 0 unspecified atom stereocenters. The zero-order valence-corrected chi connectivity index (χ0v) is 16.9. The third-order valence-electron chi connectivity index (χ3n) is 5.98. The Bertz CT molecular complexity index is 1470. The third-order valence-corrected chi connectivity index (χ3v) is 5.98. The first kappa shape index (κ1) is 19.0. The Kier molecular flexibility index (Phi) is 3.82. The zero-order valence-electron chi connectivity index (χ0n) is 16.9. The molecular formula is C25H14N2O6. The average Bonchev–Trinajstić information content (AvgIpc) is 2.82. The van der Waals surface area contributed by atoms with Crippen LogP contribution in [0.3, 0.4) is 0 Å². The fourth-order valence-electron chi connectivity index (χ4n) is 4.48. The molecule has 8 heteroatoms. The lowest BCUT2D eigenvalue weighted by Crippen LogP contribution is -2.41. The van der Waals surface area contributed by atoms with Crippen molar-refractivity contribution in [3.05, 3.63) is 104 Å². The van der Waals surface area contributed by atoms with Crippen LogP contribution in [0.25, 0.3) is 33.7 Å². The van der Waals surface area contributed by atoms with E-state index in [4.69, 9.17) is 9.47 Å². The van der Waals surface area contributed by atoms with Gasteiger partial charge in [-0.2, -0.15) is 0 Å². The molecule has 0 saturated carbocycles. The summed E-state index contributed by atoms with van der Waals surface area (Å²) in [5.74, 6) is -0.118. The van der Waals surface area contributed by atoms with Crippen LogP contribution < -0.4 is 9.47 Å². The Hall–Kier alpha value is -4.72. The van der Waals surface area contributed by atoms with Crippen molar-refractivity contribution in [1.29, 1.82) is 0 Å². The summed E-state index contributed by atoms with van der Waals surface area (Å²) in [4.78, 5) is 22.0. The van der Waals surface area contributed by atoms with Crippen LogP contribution in [0.4, 0.5) is 11.4 Å². The van der Waals surface area contributed by atoms with E-state index in [1.54, 1.807) is 48.6 Å². The topological polar surface area (TPSA) is 105 Å². The molecule has 1 spiro atoms. The summed E-state index contributed by atoms with van der Waals surface area (Å²) in [5.41, 5.74) is 1.54. The number of fused-ring (bicyclic) bond motifs is 6. The minimum atomic E-state index is -1.19. The lowest BCUT2D eigenvalue weighted by Gasteiger charge is -2.35. The lowest BCUT2D eigenvalue weighted by atomic mass is 9.96. The largest absolute Gasteiger partial charge is 0.445 e. The van der Waals surface area contributed by atoms with Crippen LogP contribution in [-0.2, 0) is 0 Å². The van der Waals surface area contributed by atoms with Crippen molar-refractivity contribution in [3.8, 4) is 11.5 Å². The summed E-state index contributed by atoms with van der Waals surface area (Å²) in [6.45, 7) is 0. The molecule has 0 amide bonds. The van der Waals surface area contributed by atoms with Gasteiger partial charge in [0.15, 0.2) is 0 Å². The molecule has 2 aliphatic heterocycles. The zero-order chi connectivity index (χ0) is 22.7. The van der Waals surface area contributed by atoms with Crippen LogP contribution in [0.5, 0.6) is 11.5 Å². The number of rotatable bonds is 2. The summed E-state index contributed by atoms with van der Waals surface area (Å²) >= 11 is 0. The Labute approximate surface area is 186 Å². The maximum Gasteiger partial charge on any atom is 0.291 e. The van der Waals surface area contributed by atoms with Gasteiger partial charge in [0.1, 0.15) is 11.5 Å². The molecule has 6 rings (SSSR count). The van der Waals surface area contributed by atoms with Gasteiger partial charge >= 0.3 is 0 Å². The molecule has 0 aliphatic carbocycles. The first-order valence-corrected chi connectivity index (χ1v) is 10.1. The quantitative estimate of drug-likeness (QED) is 0.280. The highest BCUT2D eigenvalue weighted by Crippen LogP contribution is 2.44. The van der Waals surface area contributed by atoms with Gasteiger partial charge in [-0.25, -0.2) is 0 Å². The number of benzene rings is 4. The van der Waals surface area contributed by atoms with E-state index < -0.39 is 15.6 Å². The van der Waals surface area contributed by atoms with Gasteiger partial charge in [0.25, 0.3) is 17.2 Å². The SMILES string of the molecule is O=[N+]([O-])c1cccc2c3c(ccc12)OC1(C=C3)C=Cc2c(ccc3c([N+](=O)[O-])cccc23)O1. The molecule has 33 heavy (non-hydrogen) atoms. The van der Waals surface area contributed by atoms with Crippen molar-refractivity contribution in [3.63, 3.8) is 0 Å². The van der Waals surface area contributed by atoms with Crippen molar-refractivity contribution in [2.75, 3.05) is 0 Å². The highest BCUT2D eigenvalue weighted by atomic mass is 16.7. The number of non-ortho nitro benzene ring substituents is 2. The van der Waals surface area contributed by atoms with E-state index in [0.717, 1.165) is 11.1 Å². The lowest BCUT2D eigenvalue weighted by molar-refractivity contribution is -0.383. The molecule has 0 bridgehead atoms. The van der Waals surface area contributed by atoms with Gasteiger partial charge in [0.05, 0.1) is 20.6 Å². The maximum atomic E-state index is 11.4. The van der Waals surface area contributed by atoms with Crippen molar-refractivity contribution in [2.45, 2.75) is 5.79 Å². The predicted molar refractivity (Wildman–Crippen MR) is 123 cm³/mol. The molecule has 2 heterocycles. The molecule has 8 nitrogen and oxygen atoms in total. The van der Waals surface area contributed by atoms with Crippen molar-refractivity contribution in [2.24, 2.45) is 0 Å². The number of hydrogen-bond donors (Lipinski definition) is 0. The Balaban J connectivity index is 1.44. The van der Waals surface area contributed by atoms with Gasteiger partial charge < -0.3 is 9.47 Å². The molecule has 0 radical (unpaired) electrons. The highest BCUT2D eigenvalue weighted by molar-refractivity contribution is 6.00. The summed E-state index contributed by atoms with van der Waals surface area (Å²) in [6, 6.07) is 16.6. The van der Waals surface area contributed by atoms with E-state index in [1.807, 2.05) is 24.3 Å². The molecule has 0 atom stereocenters. The molecule has 0 aromatic heterocycles. The van der Waals surface area contributed by atoms with E-state index in [1.165, 1.54) is 12.1 Å². The minimum Gasteiger partial charge on any atom is -0.445 e. The number of ether oxygens (including phenoxy) is 2. The molecule has 0 fully saturated rings. The summed E-state index contributed by atoms with van der Waals surface area (Å²) in [6.07, 6.45) is 7.19. The van der Waals surface area contributed by atoms with Gasteiger partial charge in [-0.3, -0.25) is 20.2 Å². The maximum absolute atomic E-state index is 11.4. The molecule has 160 valence electrons. The molecule has 4 aromatic carbocycles. The minimum absolute atomic E-state index is 0.0349.